The lowest BCUT2D eigenvalue weighted by Gasteiger charge is -2.23. The van der Waals surface area contributed by atoms with Gasteiger partial charge in [-0.05, 0) is 44.0 Å². The zero-order valence-corrected chi connectivity index (χ0v) is 14.3. The number of hydrogen-bond acceptors (Lipinski definition) is 2. The summed E-state index contributed by atoms with van der Waals surface area (Å²) in [5.74, 6) is -4.73. The van der Waals surface area contributed by atoms with Gasteiger partial charge < -0.3 is 9.64 Å². The second-order valence-corrected chi connectivity index (χ2v) is 5.68. The molecule has 3 nitrogen and oxygen atoms in total. The van der Waals surface area contributed by atoms with E-state index in [0.717, 1.165) is 6.54 Å². The number of nitrogens with zero attached hydrogens (tertiary/aromatic N) is 2. The topological polar surface area (TPSA) is 24.8 Å². The maximum absolute atomic E-state index is 13.3. The predicted octanol–water partition coefficient (Wildman–Crippen LogP) is 4.83. The Bertz CT molecular complexity index is 615. The van der Waals surface area contributed by atoms with Crippen molar-refractivity contribution in [2.75, 3.05) is 20.2 Å². The zero-order chi connectivity index (χ0) is 19.4. The number of alkyl halides is 6. The van der Waals surface area contributed by atoms with E-state index < -0.39 is 24.9 Å². The number of aryl methyl sites for hydroxylation is 2. The maximum atomic E-state index is 13.3. The smallest absolute Gasteiger partial charge is 0.425 e. The lowest BCUT2D eigenvalue weighted by molar-refractivity contribution is -0.250. The van der Waals surface area contributed by atoms with Gasteiger partial charge in [0.25, 0.3) is 6.17 Å². The first-order chi connectivity index (χ1) is 11.4. The van der Waals surface area contributed by atoms with Crippen LogP contribution in [0.2, 0.25) is 0 Å². The molecule has 0 bridgehead atoms. The molecule has 0 heterocycles. The first-order valence-electron chi connectivity index (χ1n) is 7.45. The Hall–Kier alpha value is -1.93. The van der Waals surface area contributed by atoms with E-state index in [1.807, 2.05) is 18.9 Å². The van der Waals surface area contributed by atoms with E-state index in [-0.39, 0.29) is 5.75 Å². The normalized spacial score (nSPS) is 14.0. The Morgan fingerprint density at radius 3 is 2.28 bits per heavy atom. The number of benzene rings is 1. The van der Waals surface area contributed by atoms with Gasteiger partial charge in [0.15, 0.2) is 6.61 Å². The number of hydrogen-bond donors (Lipinski definition) is 0. The van der Waals surface area contributed by atoms with E-state index in [1.165, 1.54) is 13.0 Å². The molecule has 1 aromatic carbocycles. The van der Waals surface area contributed by atoms with Crippen LogP contribution < -0.4 is 4.74 Å². The minimum Gasteiger partial charge on any atom is -0.487 e. The molecule has 0 aliphatic carbocycles. The summed E-state index contributed by atoms with van der Waals surface area (Å²) in [6, 6.07) is 2.93. The lowest BCUT2D eigenvalue weighted by atomic mass is 10.1. The van der Waals surface area contributed by atoms with Crippen LogP contribution in [-0.2, 0) is 0 Å². The second-order valence-electron chi connectivity index (χ2n) is 5.68. The molecule has 0 spiro atoms. The fourth-order valence-corrected chi connectivity index (χ4v) is 1.80. The summed E-state index contributed by atoms with van der Waals surface area (Å²) in [5.41, 5.74) is 1.54. The van der Waals surface area contributed by atoms with Gasteiger partial charge in [-0.15, -0.1) is 0 Å². The van der Waals surface area contributed by atoms with Gasteiger partial charge in [-0.3, -0.25) is 0 Å². The fourth-order valence-electron chi connectivity index (χ4n) is 1.80. The van der Waals surface area contributed by atoms with Gasteiger partial charge in [0.1, 0.15) is 5.75 Å². The van der Waals surface area contributed by atoms with E-state index in [0.29, 0.717) is 16.8 Å². The summed E-state index contributed by atoms with van der Waals surface area (Å²) in [4.78, 5) is 6.05. The Morgan fingerprint density at radius 2 is 1.76 bits per heavy atom. The molecule has 0 radical (unpaired) electrons. The SMILES string of the molecule is CCN(C)C=Nc1cc(C)c(OCC(F)(F)C(F)C(F)(F)F)cc1C. The van der Waals surface area contributed by atoms with Crippen molar-refractivity contribution in [2.24, 2.45) is 4.99 Å². The molecule has 0 aliphatic rings. The van der Waals surface area contributed by atoms with E-state index in [9.17, 15) is 26.3 Å². The third kappa shape index (κ3) is 5.82. The minimum atomic E-state index is -5.65. The molecule has 9 heteroatoms. The molecule has 0 saturated heterocycles. The zero-order valence-electron chi connectivity index (χ0n) is 14.3. The molecule has 0 amide bonds. The highest BCUT2D eigenvalue weighted by atomic mass is 19.4. The van der Waals surface area contributed by atoms with Crippen LogP contribution in [0, 0.1) is 13.8 Å². The third-order valence-electron chi connectivity index (χ3n) is 3.46. The number of ether oxygens (including phenoxy) is 1. The molecule has 1 rings (SSSR count). The van der Waals surface area contributed by atoms with E-state index in [4.69, 9.17) is 4.74 Å². The van der Waals surface area contributed by atoms with Gasteiger partial charge in [0.2, 0.25) is 0 Å². The highest BCUT2D eigenvalue weighted by molar-refractivity contribution is 5.64. The summed E-state index contributed by atoms with van der Waals surface area (Å²) in [6.45, 7) is 4.14. The molecular formula is C16H20F6N2O. The van der Waals surface area contributed by atoms with Crippen molar-refractivity contribution in [1.82, 2.24) is 4.90 Å². The average Bonchev–Trinajstić information content (AvgIpc) is 2.51. The lowest BCUT2D eigenvalue weighted by Crippen LogP contribution is -2.45. The first-order valence-corrected chi connectivity index (χ1v) is 7.45. The Labute approximate surface area is 142 Å². The van der Waals surface area contributed by atoms with Crippen molar-refractivity contribution in [3.05, 3.63) is 23.3 Å². The van der Waals surface area contributed by atoms with Gasteiger partial charge in [-0.1, -0.05) is 0 Å². The van der Waals surface area contributed by atoms with E-state index in [1.54, 1.807) is 19.3 Å². The molecule has 142 valence electrons. The van der Waals surface area contributed by atoms with Crippen LogP contribution in [0.3, 0.4) is 0 Å². The summed E-state index contributed by atoms with van der Waals surface area (Å²) in [5, 5.41) is 0. The Morgan fingerprint density at radius 1 is 1.16 bits per heavy atom. The van der Waals surface area contributed by atoms with Crippen molar-refractivity contribution in [3.8, 4) is 5.75 Å². The fraction of sp³-hybridized carbons (Fsp3) is 0.562. The average molecular weight is 370 g/mol. The molecule has 25 heavy (non-hydrogen) atoms. The molecule has 0 aromatic heterocycles. The summed E-state index contributed by atoms with van der Waals surface area (Å²) < 4.78 is 80.6. The highest BCUT2D eigenvalue weighted by Crippen LogP contribution is 2.36. The van der Waals surface area contributed by atoms with Gasteiger partial charge >= 0.3 is 12.1 Å². The molecule has 1 atom stereocenters. The Kier molecular flexibility index (Phi) is 6.73. The number of aliphatic imine (C=N–C) groups is 1. The van der Waals surface area contributed by atoms with Crippen LogP contribution >= 0.6 is 0 Å². The molecule has 0 saturated carbocycles. The summed E-state index contributed by atoms with van der Waals surface area (Å²) in [7, 11) is 1.82. The van der Waals surface area contributed by atoms with Crippen LogP contribution in [0.15, 0.2) is 17.1 Å². The first kappa shape index (κ1) is 21.1. The van der Waals surface area contributed by atoms with Crippen LogP contribution in [0.1, 0.15) is 18.1 Å². The van der Waals surface area contributed by atoms with Gasteiger partial charge in [0, 0.05) is 13.6 Å². The van der Waals surface area contributed by atoms with Crippen LogP contribution in [0.25, 0.3) is 0 Å². The molecule has 1 unspecified atom stereocenters. The van der Waals surface area contributed by atoms with Crippen LogP contribution in [0.4, 0.5) is 32.0 Å². The second kappa shape index (κ2) is 7.97. The standard InChI is InChI=1S/C16H20F6N2O/c1-5-24(4)9-23-12-6-11(3)13(7-10(12)2)25-8-15(18,19)14(17)16(20,21)22/h6-7,9,14H,5,8H2,1-4H3. The summed E-state index contributed by atoms with van der Waals surface area (Å²) >= 11 is 0. The van der Waals surface area contributed by atoms with Crippen LogP contribution in [0.5, 0.6) is 5.75 Å². The van der Waals surface area contributed by atoms with Crippen molar-refractivity contribution in [1.29, 1.82) is 0 Å². The quantitative estimate of drug-likeness (QED) is 0.390. The largest absolute Gasteiger partial charge is 0.487 e. The monoisotopic (exact) mass is 370 g/mol. The van der Waals surface area contributed by atoms with E-state index >= 15 is 0 Å². The molecule has 0 fully saturated rings. The molecule has 0 N–H and O–H groups in total. The third-order valence-corrected chi connectivity index (χ3v) is 3.46. The molecule has 0 aliphatic heterocycles. The highest BCUT2D eigenvalue weighted by Gasteiger charge is 2.57. The van der Waals surface area contributed by atoms with Gasteiger partial charge in [-0.25, -0.2) is 9.38 Å². The van der Waals surface area contributed by atoms with Crippen molar-refractivity contribution >= 4 is 12.0 Å². The predicted molar refractivity (Wildman–Crippen MR) is 83.8 cm³/mol. The van der Waals surface area contributed by atoms with E-state index in [2.05, 4.69) is 4.99 Å². The Balaban J connectivity index is 2.91. The molecular weight excluding hydrogens is 350 g/mol. The number of halogens is 6. The molecule has 1 aromatic rings. The summed E-state index contributed by atoms with van der Waals surface area (Å²) in [6.07, 6.45) is -8.34. The van der Waals surface area contributed by atoms with Crippen molar-refractivity contribution in [2.45, 2.75) is 39.0 Å². The number of rotatable bonds is 7. The maximum Gasteiger partial charge on any atom is 0.425 e. The van der Waals surface area contributed by atoms with Gasteiger partial charge in [0.05, 0.1) is 12.0 Å². The van der Waals surface area contributed by atoms with Crippen LogP contribution in [-0.4, -0.2) is 49.7 Å². The minimum absolute atomic E-state index is 0.0469. The van der Waals surface area contributed by atoms with Gasteiger partial charge in [-0.2, -0.15) is 22.0 Å². The van der Waals surface area contributed by atoms with Crippen molar-refractivity contribution in [3.63, 3.8) is 0 Å². The van der Waals surface area contributed by atoms with Crippen molar-refractivity contribution < 1.29 is 31.1 Å².